The van der Waals surface area contributed by atoms with E-state index in [0.29, 0.717) is 70.2 Å². The van der Waals surface area contributed by atoms with E-state index in [2.05, 4.69) is 21.3 Å². The average molecular weight is 1370 g/mol. The Bertz CT molecular complexity index is 3800. The first-order valence-corrected chi connectivity index (χ1v) is 31.4. The van der Waals surface area contributed by atoms with Crippen LogP contribution in [0.15, 0.2) is 194 Å². The summed E-state index contributed by atoms with van der Waals surface area (Å²) in [5.41, 5.74) is 3.85. The first kappa shape index (κ1) is 70.0. The number of ether oxygens (including phenoxy) is 4. The lowest BCUT2D eigenvalue weighted by molar-refractivity contribution is -0.191. The topological polar surface area (TPSA) is 153 Å². The summed E-state index contributed by atoms with van der Waals surface area (Å²) < 4.78 is 181. The van der Waals surface area contributed by atoms with Crippen molar-refractivity contribution in [1.82, 2.24) is 21.3 Å². The summed E-state index contributed by atoms with van der Waals surface area (Å²) in [4.78, 5) is 53.9. The van der Waals surface area contributed by atoms with Gasteiger partial charge < -0.3 is 40.2 Å². The smallest absolute Gasteiger partial charge is 0.350 e. The van der Waals surface area contributed by atoms with Crippen LogP contribution in [0.1, 0.15) is 92.6 Å². The Morgan fingerprint density at radius 3 is 0.929 bits per heavy atom. The Morgan fingerprint density at radius 2 is 0.643 bits per heavy atom. The molecule has 12 nitrogen and oxygen atoms in total. The second-order valence-electron chi connectivity index (χ2n) is 24.1. The van der Waals surface area contributed by atoms with Gasteiger partial charge in [0.2, 0.25) is 11.8 Å². The first-order valence-electron chi connectivity index (χ1n) is 31.4. The van der Waals surface area contributed by atoms with Crippen molar-refractivity contribution in [3.8, 4) is 44.5 Å². The van der Waals surface area contributed by atoms with Gasteiger partial charge in [-0.15, -0.1) is 0 Å². The van der Waals surface area contributed by atoms with Crippen molar-refractivity contribution in [3.63, 3.8) is 0 Å². The highest BCUT2D eigenvalue weighted by Gasteiger charge is 2.51. The lowest BCUT2D eigenvalue weighted by atomic mass is 9.73. The number of fused-ring (bicyclic) bond motifs is 6. The van der Waals surface area contributed by atoms with Crippen LogP contribution in [-0.2, 0) is 51.7 Å². The molecule has 0 atom stereocenters. The summed E-state index contributed by atoms with van der Waals surface area (Å²) in [6.07, 6.45) is -17.6. The SMILES string of the molecule is O=C(NC1COC(CCCC2(C(=O)NCC(F)(F)F)c3ccccc3-c3ccccc32)OC1)c1ccccc1-c1ccc(C(F)(F)F)cc1.O=C(NC1COC(CCCC2(C(=O)NCC(F)(F)F)c3ccccc3-c3ccccc32)OC1)c1ccccc1-c1ccc(C(F)(F)F)cc1. The van der Waals surface area contributed by atoms with E-state index >= 15 is 0 Å². The molecular weight excluding hydrogens is 1300 g/mol. The molecule has 4 aliphatic rings. The number of carbonyl (C=O) groups excluding carboxylic acids is 4. The van der Waals surface area contributed by atoms with E-state index in [1.54, 1.807) is 97.1 Å². The zero-order chi connectivity index (χ0) is 69.6. The molecule has 2 aliphatic carbocycles. The maximum absolute atomic E-state index is 13.7. The van der Waals surface area contributed by atoms with Crippen LogP contribution in [0, 0.1) is 0 Å². The van der Waals surface area contributed by atoms with Gasteiger partial charge in [-0.3, -0.25) is 19.2 Å². The third-order valence-corrected chi connectivity index (χ3v) is 17.8. The molecule has 8 aromatic rings. The Kier molecular flexibility index (Phi) is 20.7. The molecule has 98 heavy (non-hydrogen) atoms. The number of benzene rings is 8. The van der Waals surface area contributed by atoms with Crippen molar-refractivity contribution >= 4 is 23.6 Å². The molecule has 0 radical (unpaired) electrons. The molecule has 512 valence electrons. The Labute approximate surface area is 555 Å². The average Bonchev–Trinajstić information content (AvgIpc) is 1.56. The van der Waals surface area contributed by atoms with Crippen LogP contribution in [0.25, 0.3) is 44.5 Å². The number of halogens is 12. The van der Waals surface area contributed by atoms with Crippen LogP contribution in [0.5, 0.6) is 0 Å². The standard InChI is InChI=1S/2C37H32F6N2O4/c2*38-36(39,40)22-44-34(47)35(30-12-5-3-9-27(30)28-10-4-6-13-31(28)35)19-7-14-32-48-20-25(21-49-32)45-33(46)29-11-2-1-8-26(29)23-15-17-24(18-16-23)37(41,42)43/h2*1-6,8-13,15-18,25,32H,7,14,19-22H2,(H,44,47)(H,45,46). The molecule has 0 unspecified atom stereocenters. The third-order valence-electron chi connectivity index (χ3n) is 17.8. The maximum Gasteiger partial charge on any atom is 0.416 e. The molecule has 0 bridgehead atoms. The van der Waals surface area contributed by atoms with E-state index < -0.39 is 108 Å². The highest BCUT2D eigenvalue weighted by atomic mass is 19.4. The van der Waals surface area contributed by atoms with E-state index in [9.17, 15) is 71.9 Å². The van der Waals surface area contributed by atoms with Crippen molar-refractivity contribution in [1.29, 1.82) is 0 Å². The van der Waals surface area contributed by atoms with E-state index in [1.165, 1.54) is 24.3 Å². The summed E-state index contributed by atoms with van der Waals surface area (Å²) in [5.74, 6) is -2.35. The minimum atomic E-state index is -4.57. The Balaban J connectivity index is 0.000000198. The highest BCUT2D eigenvalue weighted by Crippen LogP contribution is 2.53. The molecule has 12 rings (SSSR count). The van der Waals surface area contributed by atoms with Crippen LogP contribution in [0.2, 0.25) is 0 Å². The van der Waals surface area contributed by atoms with Crippen molar-refractivity contribution in [2.45, 2.75) is 98.7 Å². The van der Waals surface area contributed by atoms with Crippen LogP contribution >= 0.6 is 0 Å². The first-order chi connectivity index (χ1) is 46.7. The van der Waals surface area contributed by atoms with Gasteiger partial charge >= 0.3 is 24.7 Å². The molecule has 2 heterocycles. The van der Waals surface area contributed by atoms with Crippen LogP contribution in [-0.4, -0.2) is 100 Å². The largest absolute Gasteiger partial charge is 0.416 e. The number of amides is 4. The monoisotopic (exact) mass is 1360 g/mol. The van der Waals surface area contributed by atoms with Gasteiger partial charge in [-0.2, -0.15) is 52.7 Å². The normalized spacial score (nSPS) is 18.3. The van der Waals surface area contributed by atoms with Crippen molar-refractivity contribution in [3.05, 3.63) is 239 Å². The van der Waals surface area contributed by atoms with Gasteiger partial charge in [0.15, 0.2) is 12.6 Å². The number of alkyl halides is 12. The molecule has 2 saturated heterocycles. The quantitative estimate of drug-likeness (QED) is 0.0620. The summed E-state index contributed by atoms with van der Waals surface area (Å²) in [7, 11) is 0. The van der Waals surface area contributed by atoms with Crippen molar-refractivity contribution in [2.75, 3.05) is 39.5 Å². The van der Waals surface area contributed by atoms with Crippen LogP contribution in [0.4, 0.5) is 52.7 Å². The van der Waals surface area contributed by atoms with Crippen molar-refractivity contribution < 1.29 is 90.8 Å². The molecule has 24 heteroatoms. The number of hydrogen-bond donors (Lipinski definition) is 4. The highest BCUT2D eigenvalue weighted by molar-refractivity contribution is 6.03. The van der Waals surface area contributed by atoms with Crippen LogP contribution in [0.3, 0.4) is 0 Å². The van der Waals surface area contributed by atoms with E-state index in [4.69, 9.17) is 18.9 Å². The Morgan fingerprint density at radius 1 is 0.367 bits per heavy atom. The third kappa shape index (κ3) is 15.5. The Hall–Kier alpha value is -9.36. The zero-order valence-electron chi connectivity index (χ0n) is 52.1. The summed E-state index contributed by atoms with van der Waals surface area (Å²) >= 11 is 0. The fourth-order valence-electron chi connectivity index (χ4n) is 13.3. The molecule has 4 amide bonds. The molecule has 2 fully saturated rings. The number of nitrogens with one attached hydrogen (secondary N) is 4. The molecule has 2 aliphatic heterocycles. The molecule has 4 N–H and O–H groups in total. The molecule has 0 spiro atoms. The van der Waals surface area contributed by atoms with Gasteiger partial charge in [0.1, 0.15) is 23.9 Å². The van der Waals surface area contributed by atoms with Gasteiger partial charge in [-0.05, 0) is 142 Å². The number of rotatable bonds is 18. The molecular formula is C74H64F12N4O8. The second-order valence-corrected chi connectivity index (χ2v) is 24.1. The van der Waals surface area contributed by atoms with Gasteiger partial charge in [0.05, 0.1) is 49.6 Å². The zero-order valence-corrected chi connectivity index (χ0v) is 52.1. The van der Waals surface area contributed by atoms with Gasteiger partial charge in [0, 0.05) is 11.1 Å². The fourth-order valence-corrected chi connectivity index (χ4v) is 13.3. The number of carbonyl (C=O) groups is 4. The van der Waals surface area contributed by atoms with E-state index in [-0.39, 0.29) is 50.4 Å². The molecule has 8 aromatic carbocycles. The lowest BCUT2D eigenvalue weighted by Crippen LogP contribution is -2.48. The van der Waals surface area contributed by atoms with Crippen LogP contribution < -0.4 is 21.3 Å². The molecule has 0 saturated carbocycles. The molecule has 0 aromatic heterocycles. The predicted molar refractivity (Wildman–Crippen MR) is 339 cm³/mol. The van der Waals surface area contributed by atoms with Gasteiger partial charge in [-0.1, -0.05) is 158 Å². The fraction of sp³-hybridized carbons (Fsp3) is 0.297. The van der Waals surface area contributed by atoms with E-state index in [0.717, 1.165) is 46.5 Å². The number of hydrogen-bond acceptors (Lipinski definition) is 8. The minimum Gasteiger partial charge on any atom is -0.350 e. The van der Waals surface area contributed by atoms with Crippen molar-refractivity contribution in [2.24, 2.45) is 0 Å². The summed E-state index contributed by atoms with van der Waals surface area (Å²) in [6, 6.07) is 50.2. The predicted octanol–water partition coefficient (Wildman–Crippen LogP) is 15.3. The summed E-state index contributed by atoms with van der Waals surface area (Å²) in [5, 5.41) is 9.96. The second kappa shape index (κ2) is 29.0. The summed E-state index contributed by atoms with van der Waals surface area (Å²) in [6.45, 7) is -2.45. The maximum atomic E-state index is 13.7. The van der Waals surface area contributed by atoms with Gasteiger partial charge in [0.25, 0.3) is 11.8 Å². The van der Waals surface area contributed by atoms with E-state index in [1.807, 2.05) is 48.5 Å². The lowest BCUT2D eigenvalue weighted by Gasteiger charge is -2.33. The van der Waals surface area contributed by atoms with Gasteiger partial charge in [-0.25, -0.2) is 0 Å². The minimum absolute atomic E-state index is 0.113.